The van der Waals surface area contributed by atoms with E-state index in [4.69, 9.17) is 16.4 Å². The molecule has 0 bridgehead atoms. The Morgan fingerprint density at radius 2 is 2.06 bits per heavy atom. The van der Waals surface area contributed by atoms with Gasteiger partial charge in [0.25, 0.3) is 0 Å². The van der Waals surface area contributed by atoms with Crippen LogP contribution in [0.15, 0.2) is 18.2 Å². The molecule has 0 amide bonds. The monoisotopic (exact) mass is 245 g/mol. The first-order valence-corrected chi connectivity index (χ1v) is 5.70. The van der Waals surface area contributed by atoms with Gasteiger partial charge in [-0.25, -0.2) is 4.39 Å². The lowest BCUT2D eigenvalue weighted by Gasteiger charge is -2.15. The van der Waals surface area contributed by atoms with Gasteiger partial charge in [0.2, 0.25) is 0 Å². The Balaban J connectivity index is 2.52. The minimum absolute atomic E-state index is 0.0643. The van der Waals surface area contributed by atoms with Crippen molar-refractivity contribution in [3.8, 4) is 0 Å². The predicted molar refractivity (Wildman–Crippen MR) is 63.8 cm³/mol. The predicted octanol–water partition coefficient (Wildman–Crippen LogP) is 3.72. The van der Waals surface area contributed by atoms with Crippen molar-refractivity contribution in [2.75, 3.05) is 6.61 Å². The third kappa shape index (κ3) is 4.08. The molecule has 90 valence electrons. The van der Waals surface area contributed by atoms with Crippen molar-refractivity contribution >= 4 is 11.6 Å². The minimum atomic E-state index is -0.406. The van der Waals surface area contributed by atoms with Gasteiger partial charge in [-0.1, -0.05) is 31.5 Å². The fourth-order valence-corrected chi connectivity index (χ4v) is 1.31. The third-order valence-electron chi connectivity index (χ3n) is 2.12. The zero-order valence-corrected chi connectivity index (χ0v) is 10.5. The van der Waals surface area contributed by atoms with Gasteiger partial charge in [-0.3, -0.25) is 0 Å². The molecule has 1 atom stereocenters. The molecule has 0 saturated carbocycles. The molecular formula is C12H17ClFNO. The molecule has 4 heteroatoms. The largest absolute Gasteiger partial charge is 0.301 e. The van der Waals surface area contributed by atoms with Crippen molar-refractivity contribution < 1.29 is 9.23 Å². The van der Waals surface area contributed by atoms with Crippen LogP contribution >= 0.6 is 11.6 Å². The molecular weight excluding hydrogens is 229 g/mol. The molecule has 1 aromatic rings. The summed E-state index contributed by atoms with van der Waals surface area (Å²) in [4.78, 5) is 5.28. The third-order valence-corrected chi connectivity index (χ3v) is 2.43. The van der Waals surface area contributed by atoms with Crippen molar-refractivity contribution in [1.29, 1.82) is 0 Å². The van der Waals surface area contributed by atoms with Gasteiger partial charge in [0.1, 0.15) is 5.82 Å². The molecule has 0 fully saturated rings. The SMILES string of the molecule is CC(C)CONC(C)c1ccc(Cl)c(F)c1. The van der Waals surface area contributed by atoms with Gasteiger partial charge in [-0.15, -0.1) is 0 Å². The Kier molecular flexibility index (Phi) is 5.19. The Morgan fingerprint density at radius 1 is 1.38 bits per heavy atom. The van der Waals surface area contributed by atoms with Crippen molar-refractivity contribution in [1.82, 2.24) is 5.48 Å². The summed E-state index contributed by atoms with van der Waals surface area (Å²) in [5, 5.41) is 0.138. The van der Waals surface area contributed by atoms with E-state index in [0.29, 0.717) is 12.5 Å². The van der Waals surface area contributed by atoms with Crippen molar-refractivity contribution in [3.05, 3.63) is 34.6 Å². The van der Waals surface area contributed by atoms with Gasteiger partial charge >= 0.3 is 0 Å². The molecule has 1 aromatic carbocycles. The molecule has 0 heterocycles. The summed E-state index contributed by atoms with van der Waals surface area (Å²) >= 11 is 5.60. The Bertz CT molecular complexity index is 344. The summed E-state index contributed by atoms with van der Waals surface area (Å²) in [5.74, 6) is 0.0540. The van der Waals surface area contributed by atoms with E-state index in [1.165, 1.54) is 6.07 Å². The number of benzene rings is 1. The van der Waals surface area contributed by atoms with Gasteiger partial charge in [0, 0.05) is 0 Å². The van der Waals surface area contributed by atoms with E-state index in [1.54, 1.807) is 12.1 Å². The summed E-state index contributed by atoms with van der Waals surface area (Å²) in [5.41, 5.74) is 3.68. The second-order valence-electron chi connectivity index (χ2n) is 4.22. The van der Waals surface area contributed by atoms with Crippen LogP contribution in [0.2, 0.25) is 5.02 Å². The standard InChI is InChI=1S/C12H17ClFNO/c1-8(2)7-16-15-9(3)10-4-5-11(13)12(14)6-10/h4-6,8-9,15H,7H2,1-3H3. The molecule has 0 aliphatic heterocycles. The lowest BCUT2D eigenvalue weighted by molar-refractivity contribution is 0.00404. The highest BCUT2D eigenvalue weighted by molar-refractivity contribution is 6.30. The quantitative estimate of drug-likeness (QED) is 0.799. The highest BCUT2D eigenvalue weighted by Gasteiger charge is 2.08. The van der Waals surface area contributed by atoms with Crippen molar-refractivity contribution in [3.63, 3.8) is 0 Å². The lowest BCUT2D eigenvalue weighted by atomic mass is 10.1. The summed E-state index contributed by atoms with van der Waals surface area (Å²) in [6.45, 7) is 6.66. The van der Waals surface area contributed by atoms with Gasteiger partial charge in [0.15, 0.2) is 0 Å². The van der Waals surface area contributed by atoms with E-state index in [0.717, 1.165) is 5.56 Å². The number of hydrogen-bond acceptors (Lipinski definition) is 2. The van der Waals surface area contributed by atoms with Crippen LogP contribution in [0.25, 0.3) is 0 Å². The molecule has 0 aliphatic rings. The molecule has 16 heavy (non-hydrogen) atoms. The topological polar surface area (TPSA) is 21.3 Å². The molecule has 1 N–H and O–H groups in total. The summed E-state index contributed by atoms with van der Waals surface area (Å²) in [6, 6.07) is 4.68. The second kappa shape index (κ2) is 6.18. The Hall–Kier alpha value is -0.640. The van der Waals surface area contributed by atoms with Crippen molar-refractivity contribution in [2.45, 2.75) is 26.8 Å². The fraction of sp³-hybridized carbons (Fsp3) is 0.500. The maximum Gasteiger partial charge on any atom is 0.142 e. The molecule has 0 aliphatic carbocycles. The van der Waals surface area contributed by atoms with E-state index in [9.17, 15) is 4.39 Å². The van der Waals surface area contributed by atoms with Crippen LogP contribution < -0.4 is 5.48 Å². The summed E-state index contributed by atoms with van der Waals surface area (Å²) in [7, 11) is 0. The highest BCUT2D eigenvalue weighted by Crippen LogP contribution is 2.19. The van der Waals surface area contributed by atoms with E-state index in [1.807, 2.05) is 6.92 Å². The van der Waals surface area contributed by atoms with Crippen LogP contribution in [0.3, 0.4) is 0 Å². The first kappa shape index (κ1) is 13.4. The molecule has 1 rings (SSSR count). The van der Waals surface area contributed by atoms with Crippen molar-refractivity contribution in [2.24, 2.45) is 5.92 Å². The molecule has 1 unspecified atom stereocenters. The maximum atomic E-state index is 13.2. The highest BCUT2D eigenvalue weighted by atomic mass is 35.5. The summed E-state index contributed by atoms with van der Waals surface area (Å²) < 4.78 is 13.2. The molecule has 0 radical (unpaired) electrons. The van der Waals surface area contributed by atoms with Gasteiger partial charge in [-0.2, -0.15) is 5.48 Å². The average molecular weight is 246 g/mol. The van der Waals surface area contributed by atoms with Crippen LogP contribution in [-0.4, -0.2) is 6.61 Å². The number of hydroxylamine groups is 1. The number of rotatable bonds is 5. The second-order valence-corrected chi connectivity index (χ2v) is 4.63. The van der Waals surface area contributed by atoms with Gasteiger partial charge < -0.3 is 4.84 Å². The molecule has 0 spiro atoms. The van der Waals surface area contributed by atoms with E-state index >= 15 is 0 Å². The first-order chi connectivity index (χ1) is 7.50. The fourth-order valence-electron chi connectivity index (χ4n) is 1.19. The maximum absolute atomic E-state index is 13.2. The van der Waals surface area contributed by atoms with Crippen LogP contribution in [0.5, 0.6) is 0 Å². The lowest BCUT2D eigenvalue weighted by Crippen LogP contribution is -2.21. The summed E-state index contributed by atoms with van der Waals surface area (Å²) in [6.07, 6.45) is 0. The first-order valence-electron chi connectivity index (χ1n) is 5.33. The van der Waals surface area contributed by atoms with Crippen LogP contribution in [0, 0.1) is 11.7 Å². The smallest absolute Gasteiger partial charge is 0.142 e. The number of nitrogens with one attached hydrogen (secondary N) is 1. The normalized spacial score (nSPS) is 13.1. The number of halogens is 2. The molecule has 0 aromatic heterocycles. The van der Waals surface area contributed by atoms with E-state index in [2.05, 4.69) is 19.3 Å². The van der Waals surface area contributed by atoms with Crippen LogP contribution in [0.1, 0.15) is 32.4 Å². The van der Waals surface area contributed by atoms with Gasteiger partial charge in [0.05, 0.1) is 17.7 Å². The molecule has 0 saturated heterocycles. The number of hydrogen-bond donors (Lipinski definition) is 1. The van der Waals surface area contributed by atoms with Gasteiger partial charge in [-0.05, 0) is 30.5 Å². The Morgan fingerprint density at radius 3 is 2.62 bits per heavy atom. The van der Waals surface area contributed by atoms with Crippen LogP contribution in [0.4, 0.5) is 4.39 Å². The van der Waals surface area contributed by atoms with Crippen LogP contribution in [-0.2, 0) is 4.84 Å². The zero-order valence-electron chi connectivity index (χ0n) is 9.76. The van der Waals surface area contributed by atoms with E-state index < -0.39 is 5.82 Å². The zero-order chi connectivity index (χ0) is 12.1. The minimum Gasteiger partial charge on any atom is -0.301 e. The Labute approximate surface area is 101 Å². The van der Waals surface area contributed by atoms with E-state index in [-0.39, 0.29) is 11.1 Å². The molecule has 2 nitrogen and oxygen atoms in total. The average Bonchev–Trinajstić information content (AvgIpc) is 2.21.